The third-order valence-corrected chi connectivity index (χ3v) is 6.79. The largest absolute Gasteiger partial charge is 0.378 e. The minimum Gasteiger partial charge on any atom is -0.378 e. The number of fused-ring (bicyclic) bond motifs is 1. The van der Waals surface area contributed by atoms with E-state index >= 15 is 0 Å². The van der Waals surface area contributed by atoms with Crippen LogP contribution in [0.1, 0.15) is 12.0 Å². The highest BCUT2D eigenvalue weighted by atomic mass is 32.2. The maximum absolute atomic E-state index is 13.3. The number of morpholine rings is 1. The average Bonchev–Trinajstić information content (AvgIpc) is 3.37. The minimum atomic E-state index is -0.693. The van der Waals surface area contributed by atoms with Crippen LogP contribution in [0.5, 0.6) is 0 Å². The molecule has 0 unspecified atom stereocenters. The van der Waals surface area contributed by atoms with Gasteiger partial charge in [0.1, 0.15) is 18.7 Å². The first-order valence-corrected chi connectivity index (χ1v) is 11.5. The highest BCUT2D eigenvalue weighted by molar-refractivity contribution is 7.98. The minimum absolute atomic E-state index is 0. The molecule has 0 aromatic heterocycles. The Morgan fingerprint density at radius 2 is 1.90 bits per heavy atom. The van der Waals surface area contributed by atoms with Crippen LogP contribution in [0, 0.1) is 0 Å². The van der Waals surface area contributed by atoms with Crippen LogP contribution < -0.4 is 5.32 Å². The predicted molar refractivity (Wildman–Crippen MR) is 123 cm³/mol. The Balaban J connectivity index is 0.00000272. The van der Waals surface area contributed by atoms with Crippen molar-refractivity contribution in [3.8, 4) is 0 Å². The van der Waals surface area contributed by atoms with Crippen LogP contribution in [0.4, 0.5) is 4.79 Å². The van der Waals surface area contributed by atoms with Gasteiger partial charge >= 0.3 is 6.03 Å². The van der Waals surface area contributed by atoms with Gasteiger partial charge in [-0.15, -0.1) is 0 Å². The smallest absolute Gasteiger partial charge is 0.318 e. The molecular formula is C21H29N3O5S2. The highest BCUT2D eigenvalue weighted by Crippen LogP contribution is 2.28. The number of rotatable bonds is 6. The topological polar surface area (TPSA) is 88.2 Å². The van der Waals surface area contributed by atoms with E-state index in [1.165, 1.54) is 0 Å². The molecule has 3 atom stereocenters. The third kappa shape index (κ3) is 5.74. The number of carbonyl (C=O) groups excluding carboxylic acids is 3. The van der Waals surface area contributed by atoms with Gasteiger partial charge in [-0.05, 0) is 12.0 Å². The molecule has 8 nitrogen and oxygen atoms in total. The van der Waals surface area contributed by atoms with E-state index in [1.54, 1.807) is 21.6 Å². The number of ketones is 1. The van der Waals surface area contributed by atoms with Crippen LogP contribution in [-0.2, 0) is 24.8 Å². The summed E-state index contributed by atoms with van der Waals surface area (Å²) in [6.45, 7) is 2.54. The molecule has 4 rings (SSSR count). The summed E-state index contributed by atoms with van der Waals surface area (Å²) in [5, 5.41) is 2.91. The number of carbonyl (C=O) groups is 3. The zero-order valence-corrected chi connectivity index (χ0v) is 19.1. The van der Waals surface area contributed by atoms with Crippen molar-refractivity contribution in [2.75, 3.05) is 45.2 Å². The standard InChI is InChI=1S/C21H27N3O5S.H2S/c25-17-12-29-18-6-7-24(19(17)18)20(26)16(14-30-13-15-4-2-1-3-5-15)22-21(27)23-8-10-28-11-9-23;/h1-5,16,18-19H,6-14H2,(H,22,27);1H2/t16-,18+,19+;/m0./s1. The summed E-state index contributed by atoms with van der Waals surface area (Å²) < 4.78 is 10.8. The second-order valence-corrected chi connectivity index (χ2v) is 8.71. The van der Waals surface area contributed by atoms with E-state index in [0.717, 1.165) is 11.3 Å². The van der Waals surface area contributed by atoms with Crippen LogP contribution in [0.25, 0.3) is 0 Å². The quantitative estimate of drug-likeness (QED) is 0.672. The first-order chi connectivity index (χ1) is 14.6. The van der Waals surface area contributed by atoms with Gasteiger partial charge in [-0.1, -0.05) is 30.3 Å². The number of nitrogens with zero attached hydrogens (tertiary/aromatic N) is 2. The van der Waals surface area contributed by atoms with E-state index in [-0.39, 0.29) is 43.9 Å². The van der Waals surface area contributed by atoms with Gasteiger partial charge in [0, 0.05) is 31.1 Å². The van der Waals surface area contributed by atoms with Crippen LogP contribution in [0.3, 0.4) is 0 Å². The van der Waals surface area contributed by atoms with Crippen molar-refractivity contribution in [3.63, 3.8) is 0 Å². The molecule has 0 spiro atoms. The van der Waals surface area contributed by atoms with Crippen molar-refractivity contribution in [2.24, 2.45) is 0 Å². The van der Waals surface area contributed by atoms with Crippen molar-refractivity contribution < 1.29 is 23.9 Å². The Morgan fingerprint density at radius 3 is 2.65 bits per heavy atom. The summed E-state index contributed by atoms with van der Waals surface area (Å²) in [4.78, 5) is 41.6. The molecule has 31 heavy (non-hydrogen) atoms. The molecule has 170 valence electrons. The third-order valence-electron chi connectivity index (χ3n) is 5.69. The number of ether oxygens (including phenoxy) is 2. The van der Waals surface area contributed by atoms with E-state index in [9.17, 15) is 14.4 Å². The molecule has 0 radical (unpaired) electrons. The predicted octanol–water partition coefficient (Wildman–Crippen LogP) is 1.01. The van der Waals surface area contributed by atoms with E-state index in [0.29, 0.717) is 45.0 Å². The molecule has 3 aliphatic rings. The summed E-state index contributed by atoms with van der Waals surface area (Å²) in [6, 6.07) is 8.53. The van der Waals surface area contributed by atoms with Crippen LogP contribution in [0.15, 0.2) is 30.3 Å². The summed E-state index contributed by atoms with van der Waals surface area (Å²) in [5.41, 5.74) is 1.16. The fourth-order valence-electron chi connectivity index (χ4n) is 4.09. The number of thioether (sulfide) groups is 1. The molecule has 3 saturated heterocycles. The van der Waals surface area contributed by atoms with E-state index in [2.05, 4.69) is 5.32 Å². The van der Waals surface area contributed by atoms with Crippen molar-refractivity contribution >= 4 is 43.0 Å². The van der Waals surface area contributed by atoms with Gasteiger partial charge < -0.3 is 24.6 Å². The maximum atomic E-state index is 13.3. The Kier molecular flexibility index (Phi) is 8.65. The van der Waals surface area contributed by atoms with E-state index < -0.39 is 12.1 Å². The van der Waals surface area contributed by atoms with Gasteiger partial charge in [-0.2, -0.15) is 25.3 Å². The molecule has 3 amide bonds. The van der Waals surface area contributed by atoms with E-state index in [4.69, 9.17) is 9.47 Å². The fraction of sp³-hybridized carbons (Fsp3) is 0.571. The Bertz CT molecular complexity index is 776. The molecule has 3 aliphatic heterocycles. The average molecular weight is 468 g/mol. The van der Waals surface area contributed by atoms with Crippen LogP contribution >= 0.6 is 25.3 Å². The fourth-order valence-corrected chi connectivity index (χ4v) is 5.10. The Labute approximate surface area is 193 Å². The molecule has 0 aliphatic carbocycles. The lowest BCUT2D eigenvalue weighted by Gasteiger charge is -2.31. The molecule has 3 fully saturated rings. The summed E-state index contributed by atoms with van der Waals surface area (Å²) in [5.74, 6) is 0.920. The molecule has 10 heteroatoms. The summed E-state index contributed by atoms with van der Waals surface area (Å²) >= 11 is 1.59. The second-order valence-electron chi connectivity index (χ2n) is 7.68. The Hall–Kier alpha value is -1.75. The van der Waals surface area contributed by atoms with Gasteiger partial charge in [0.2, 0.25) is 5.91 Å². The normalized spacial score (nSPS) is 23.8. The van der Waals surface area contributed by atoms with Gasteiger partial charge in [0.05, 0.1) is 19.3 Å². The van der Waals surface area contributed by atoms with Gasteiger partial charge in [-0.3, -0.25) is 9.59 Å². The van der Waals surface area contributed by atoms with Gasteiger partial charge in [0.15, 0.2) is 5.78 Å². The van der Waals surface area contributed by atoms with Crippen molar-refractivity contribution in [2.45, 2.75) is 30.4 Å². The lowest BCUT2D eigenvalue weighted by Crippen LogP contribution is -2.56. The lowest BCUT2D eigenvalue weighted by molar-refractivity contribution is -0.137. The number of nitrogens with one attached hydrogen (secondary N) is 1. The molecule has 3 heterocycles. The SMILES string of the molecule is O=C1CO[C@@H]2CCN(C(=O)[C@H](CSCc3ccccc3)NC(=O)N3CCOCC3)[C@H]12.S. The van der Waals surface area contributed by atoms with E-state index in [1.807, 2.05) is 30.3 Å². The Morgan fingerprint density at radius 1 is 1.16 bits per heavy atom. The number of benzene rings is 1. The van der Waals surface area contributed by atoms with Crippen molar-refractivity contribution in [1.29, 1.82) is 0 Å². The highest BCUT2D eigenvalue weighted by Gasteiger charge is 2.48. The van der Waals surface area contributed by atoms with Gasteiger partial charge in [-0.25, -0.2) is 4.79 Å². The first-order valence-electron chi connectivity index (χ1n) is 10.3. The zero-order valence-electron chi connectivity index (χ0n) is 17.3. The van der Waals surface area contributed by atoms with Crippen LogP contribution in [-0.4, -0.2) is 90.9 Å². The monoisotopic (exact) mass is 467 g/mol. The number of Topliss-reactive ketones (excluding diaryl/α,β-unsaturated/α-hetero) is 1. The molecule has 1 N–H and O–H groups in total. The number of amides is 3. The lowest BCUT2D eigenvalue weighted by atomic mass is 10.1. The molecule has 1 aromatic carbocycles. The molecule has 0 bridgehead atoms. The van der Waals surface area contributed by atoms with Crippen molar-refractivity contribution in [1.82, 2.24) is 15.1 Å². The second kappa shape index (κ2) is 11.2. The molecule has 0 saturated carbocycles. The number of hydrogen-bond donors (Lipinski definition) is 1. The van der Waals surface area contributed by atoms with Gasteiger partial charge in [0.25, 0.3) is 0 Å². The van der Waals surface area contributed by atoms with Crippen molar-refractivity contribution in [3.05, 3.63) is 35.9 Å². The zero-order chi connectivity index (χ0) is 20.9. The number of urea groups is 1. The number of likely N-dealkylation sites (tertiary alicyclic amines) is 1. The molecular weight excluding hydrogens is 438 g/mol. The number of hydrogen-bond acceptors (Lipinski definition) is 6. The maximum Gasteiger partial charge on any atom is 0.318 e. The van der Waals surface area contributed by atoms with Crippen LogP contribution in [0.2, 0.25) is 0 Å². The first kappa shape index (κ1) is 23.9. The molecule has 1 aromatic rings. The summed E-state index contributed by atoms with van der Waals surface area (Å²) in [7, 11) is 0. The summed E-state index contributed by atoms with van der Waals surface area (Å²) in [6.07, 6.45) is 0.442.